The van der Waals surface area contributed by atoms with Crippen LogP contribution in [-0.2, 0) is 11.3 Å². The maximum atomic E-state index is 13.1. The first-order valence-electron chi connectivity index (χ1n) is 11.0. The van der Waals surface area contributed by atoms with Crippen LogP contribution in [0.2, 0.25) is 0 Å². The van der Waals surface area contributed by atoms with Gasteiger partial charge in [0.1, 0.15) is 0 Å². The summed E-state index contributed by atoms with van der Waals surface area (Å²) in [6.07, 6.45) is 1.68. The Morgan fingerprint density at radius 2 is 1.76 bits per heavy atom. The third kappa shape index (κ3) is 4.52. The molecule has 1 aliphatic carbocycles. The van der Waals surface area contributed by atoms with Gasteiger partial charge in [-0.05, 0) is 67.8 Å². The van der Waals surface area contributed by atoms with Crippen molar-refractivity contribution in [3.05, 3.63) is 23.8 Å². The van der Waals surface area contributed by atoms with Gasteiger partial charge in [0, 0.05) is 32.8 Å². The lowest BCUT2D eigenvalue weighted by molar-refractivity contribution is -0.286. The minimum absolute atomic E-state index is 0.112. The highest BCUT2D eigenvalue weighted by Gasteiger charge is 2.55. The minimum atomic E-state index is -3.54. The van der Waals surface area contributed by atoms with Gasteiger partial charge in [0.15, 0.2) is 11.5 Å². The highest BCUT2D eigenvalue weighted by atomic mass is 19.3. The minimum Gasteiger partial charge on any atom is -0.395 e. The SMILES string of the molecule is FC1(F)Oc2ccc(CN3C[C@@H]4[C@@H](COCCCN5CCCCC5)[C@@H]4C3)cc2O1. The van der Waals surface area contributed by atoms with Gasteiger partial charge in [0.05, 0.1) is 6.61 Å². The van der Waals surface area contributed by atoms with E-state index >= 15 is 0 Å². The van der Waals surface area contributed by atoms with E-state index in [0.717, 1.165) is 56.7 Å². The summed E-state index contributed by atoms with van der Waals surface area (Å²) in [6.45, 7) is 8.35. The van der Waals surface area contributed by atoms with Gasteiger partial charge < -0.3 is 19.1 Å². The van der Waals surface area contributed by atoms with Crippen LogP contribution in [-0.4, -0.2) is 62.0 Å². The second kappa shape index (κ2) is 8.00. The van der Waals surface area contributed by atoms with E-state index in [-0.39, 0.29) is 11.5 Å². The van der Waals surface area contributed by atoms with Crippen LogP contribution in [0.4, 0.5) is 8.78 Å². The van der Waals surface area contributed by atoms with E-state index in [4.69, 9.17) is 4.74 Å². The molecule has 0 bridgehead atoms. The molecule has 0 radical (unpaired) electrons. The van der Waals surface area contributed by atoms with E-state index in [0.29, 0.717) is 5.92 Å². The number of nitrogens with zero attached hydrogens (tertiary/aromatic N) is 2. The maximum Gasteiger partial charge on any atom is 0.586 e. The second-order valence-corrected chi connectivity index (χ2v) is 8.96. The molecule has 1 aromatic rings. The lowest BCUT2D eigenvalue weighted by atomic mass is 10.1. The number of hydrogen-bond acceptors (Lipinski definition) is 5. The first-order chi connectivity index (χ1) is 14.1. The fraction of sp³-hybridized carbons (Fsp3) is 0.727. The quantitative estimate of drug-likeness (QED) is 0.615. The standard InChI is InChI=1S/C22H30F2N2O3/c23-22(24)28-20-6-5-16(11-21(20)29-22)12-26-13-17-18(14-26)19(17)15-27-10-4-9-25-7-2-1-3-8-25/h5-6,11,17-19H,1-4,7-10,12-15H2/t17-,18+,19+. The number of benzene rings is 1. The highest BCUT2D eigenvalue weighted by Crippen LogP contribution is 2.52. The molecule has 5 rings (SSSR count). The van der Waals surface area contributed by atoms with Gasteiger partial charge in [-0.3, -0.25) is 4.90 Å². The molecule has 7 heteroatoms. The highest BCUT2D eigenvalue weighted by molar-refractivity contribution is 5.45. The smallest absolute Gasteiger partial charge is 0.395 e. The zero-order chi connectivity index (χ0) is 19.8. The lowest BCUT2D eigenvalue weighted by Crippen LogP contribution is -2.31. The molecule has 3 heterocycles. The first kappa shape index (κ1) is 19.5. The van der Waals surface area contributed by atoms with E-state index in [1.165, 1.54) is 38.9 Å². The first-order valence-corrected chi connectivity index (χ1v) is 11.0. The van der Waals surface area contributed by atoms with Crippen molar-refractivity contribution in [1.82, 2.24) is 9.80 Å². The molecule has 3 fully saturated rings. The molecule has 4 aliphatic rings. The molecule has 160 valence electrons. The number of piperidine rings is 2. The van der Waals surface area contributed by atoms with E-state index < -0.39 is 6.29 Å². The Labute approximate surface area is 170 Å². The van der Waals surface area contributed by atoms with Crippen molar-refractivity contribution in [3.8, 4) is 11.5 Å². The van der Waals surface area contributed by atoms with Gasteiger partial charge in [-0.2, -0.15) is 0 Å². The molecule has 3 atom stereocenters. The number of halogens is 2. The fourth-order valence-electron chi connectivity index (χ4n) is 5.26. The second-order valence-electron chi connectivity index (χ2n) is 8.96. The van der Waals surface area contributed by atoms with Crippen LogP contribution >= 0.6 is 0 Å². The van der Waals surface area contributed by atoms with Gasteiger partial charge in [0.25, 0.3) is 0 Å². The van der Waals surface area contributed by atoms with Crippen LogP contribution in [0.25, 0.3) is 0 Å². The molecule has 29 heavy (non-hydrogen) atoms. The molecular weight excluding hydrogens is 378 g/mol. The number of ether oxygens (including phenoxy) is 3. The van der Waals surface area contributed by atoms with E-state index in [1.54, 1.807) is 12.1 Å². The average molecular weight is 408 g/mol. The van der Waals surface area contributed by atoms with Crippen molar-refractivity contribution in [2.24, 2.45) is 17.8 Å². The Bertz CT molecular complexity index is 714. The lowest BCUT2D eigenvalue weighted by Gasteiger charge is -2.26. The van der Waals surface area contributed by atoms with E-state index in [2.05, 4.69) is 19.3 Å². The third-order valence-electron chi connectivity index (χ3n) is 6.84. The Balaban J connectivity index is 0.989. The fourth-order valence-corrected chi connectivity index (χ4v) is 5.26. The van der Waals surface area contributed by atoms with Crippen LogP contribution in [0.3, 0.4) is 0 Å². The molecule has 1 aromatic carbocycles. The average Bonchev–Trinajstić information content (AvgIpc) is 3.01. The van der Waals surface area contributed by atoms with Crippen LogP contribution < -0.4 is 9.47 Å². The molecule has 5 nitrogen and oxygen atoms in total. The van der Waals surface area contributed by atoms with E-state index in [1.807, 2.05) is 6.07 Å². The summed E-state index contributed by atoms with van der Waals surface area (Å²) in [4.78, 5) is 4.96. The molecule has 2 saturated heterocycles. The number of likely N-dealkylation sites (tertiary alicyclic amines) is 2. The summed E-state index contributed by atoms with van der Waals surface area (Å²) in [7, 11) is 0. The molecular formula is C22H30F2N2O3. The summed E-state index contributed by atoms with van der Waals surface area (Å²) in [6, 6.07) is 5.09. The molecule has 0 unspecified atom stereocenters. The molecule has 0 aromatic heterocycles. The topological polar surface area (TPSA) is 34.2 Å². The summed E-state index contributed by atoms with van der Waals surface area (Å²) in [5.74, 6) is 2.41. The van der Waals surface area contributed by atoms with Gasteiger partial charge >= 0.3 is 6.29 Å². The number of hydrogen-bond donors (Lipinski definition) is 0. The molecule has 0 amide bonds. The van der Waals surface area contributed by atoms with Gasteiger partial charge in [-0.15, -0.1) is 8.78 Å². The van der Waals surface area contributed by atoms with Crippen molar-refractivity contribution < 1.29 is 23.0 Å². The van der Waals surface area contributed by atoms with Crippen LogP contribution in [0.1, 0.15) is 31.2 Å². The Morgan fingerprint density at radius 1 is 1.00 bits per heavy atom. The maximum absolute atomic E-state index is 13.1. The van der Waals surface area contributed by atoms with Crippen LogP contribution in [0.15, 0.2) is 18.2 Å². The van der Waals surface area contributed by atoms with Gasteiger partial charge in [0.2, 0.25) is 0 Å². The summed E-state index contributed by atoms with van der Waals surface area (Å²) in [5, 5.41) is 0. The monoisotopic (exact) mass is 408 g/mol. The number of fused-ring (bicyclic) bond motifs is 2. The van der Waals surface area contributed by atoms with Crippen LogP contribution in [0.5, 0.6) is 11.5 Å². The Kier molecular flexibility index (Phi) is 5.39. The summed E-state index contributed by atoms with van der Waals surface area (Å²) >= 11 is 0. The summed E-state index contributed by atoms with van der Waals surface area (Å²) < 4.78 is 41.3. The van der Waals surface area contributed by atoms with Crippen LogP contribution in [0, 0.1) is 17.8 Å². The zero-order valence-electron chi connectivity index (χ0n) is 16.8. The van der Waals surface area contributed by atoms with Gasteiger partial charge in [-0.1, -0.05) is 12.5 Å². The zero-order valence-corrected chi connectivity index (χ0v) is 16.8. The van der Waals surface area contributed by atoms with E-state index in [9.17, 15) is 8.78 Å². The Hall–Kier alpha value is -1.44. The van der Waals surface area contributed by atoms with Crippen molar-refractivity contribution in [1.29, 1.82) is 0 Å². The molecule has 0 N–H and O–H groups in total. The van der Waals surface area contributed by atoms with Crippen molar-refractivity contribution in [2.75, 3.05) is 45.9 Å². The largest absolute Gasteiger partial charge is 0.586 e. The van der Waals surface area contributed by atoms with Crippen molar-refractivity contribution >= 4 is 0 Å². The van der Waals surface area contributed by atoms with Crippen molar-refractivity contribution in [3.63, 3.8) is 0 Å². The summed E-state index contributed by atoms with van der Waals surface area (Å²) in [5.41, 5.74) is 0.983. The predicted molar refractivity (Wildman–Crippen MR) is 104 cm³/mol. The number of alkyl halides is 2. The molecule has 1 saturated carbocycles. The third-order valence-corrected chi connectivity index (χ3v) is 6.84. The molecule has 0 spiro atoms. The Morgan fingerprint density at radius 3 is 2.55 bits per heavy atom. The van der Waals surface area contributed by atoms with Gasteiger partial charge in [-0.25, -0.2) is 0 Å². The number of rotatable bonds is 8. The van der Waals surface area contributed by atoms with Crippen molar-refractivity contribution in [2.45, 2.75) is 38.5 Å². The normalized spacial score (nSPS) is 30.5. The molecule has 3 aliphatic heterocycles. The predicted octanol–water partition coefficient (Wildman–Crippen LogP) is 3.58.